The summed E-state index contributed by atoms with van der Waals surface area (Å²) in [4.78, 5) is 21.6. The molecule has 1 aromatic rings. The van der Waals surface area contributed by atoms with Crippen molar-refractivity contribution in [3.63, 3.8) is 0 Å². The average Bonchev–Trinajstić information content (AvgIpc) is 2.62. The molecule has 4 heteroatoms. The van der Waals surface area contributed by atoms with Gasteiger partial charge in [0.15, 0.2) is 0 Å². The summed E-state index contributed by atoms with van der Waals surface area (Å²) < 4.78 is 0. The first-order valence-corrected chi connectivity index (χ1v) is 8.75. The smallest absolute Gasteiger partial charge is 0.272 e. The number of amides is 1. The van der Waals surface area contributed by atoms with Gasteiger partial charge in [-0.05, 0) is 44.2 Å². The molecule has 1 aliphatic carbocycles. The average molecular weight is 301 g/mol. The molecule has 2 fully saturated rings. The Morgan fingerprint density at radius 3 is 2.50 bits per heavy atom. The van der Waals surface area contributed by atoms with Crippen molar-refractivity contribution in [2.75, 3.05) is 25.0 Å². The summed E-state index contributed by atoms with van der Waals surface area (Å²) in [6.07, 6.45) is 9.81. The molecule has 0 atom stereocenters. The van der Waals surface area contributed by atoms with Crippen LogP contribution >= 0.6 is 0 Å². The van der Waals surface area contributed by atoms with Gasteiger partial charge in [-0.2, -0.15) is 0 Å². The van der Waals surface area contributed by atoms with Crippen LogP contribution in [0, 0.1) is 0 Å². The van der Waals surface area contributed by atoms with Crippen LogP contribution in [0.1, 0.15) is 61.9 Å². The maximum atomic E-state index is 12.7. The van der Waals surface area contributed by atoms with E-state index in [1.807, 2.05) is 30.1 Å². The van der Waals surface area contributed by atoms with Crippen LogP contribution in [0.2, 0.25) is 0 Å². The fourth-order valence-corrected chi connectivity index (χ4v) is 3.66. The largest absolute Gasteiger partial charge is 0.357 e. The number of rotatable bonds is 3. The van der Waals surface area contributed by atoms with Gasteiger partial charge in [-0.3, -0.25) is 4.79 Å². The number of hydrogen-bond acceptors (Lipinski definition) is 3. The standard InChI is InChI=1S/C18H27N3O/c1-20(15-9-4-2-5-10-15)18(22)16-11-8-12-17(19-16)21-13-6-3-7-14-21/h8,11-12,15H,2-7,9-10,13-14H2,1H3. The molecule has 3 rings (SSSR count). The highest BCUT2D eigenvalue weighted by molar-refractivity contribution is 5.92. The van der Waals surface area contributed by atoms with Gasteiger partial charge in [0.1, 0.15) is 11.5 Å². The van der Waals surface area contributed by atoms with Crippen LogP contribution < -0.4 is 4.90 Å². The van der Waals surface area contributed by atoms with E-state index >= 15 is 0 Å². The minimum Gasteiger partial charge on any atom is -0.357 e. The molecule has 0 bridgehead atoms. The fraction of sp³-hybridized carbons (Fsp3) is 0.667. The van der Waals surface area contributed by atoms with E-state index < -0.39 is 0 Å². The number of anilines is 1. The number of aromatic nitrogens is 1. The lowest BCUT2D eigenvalue weighted by atomic mass is 9.94. The minimum absolute atomic E-state index is 0.0748. The van der Waals surface area contributed by atoms with Crippen molar-refractivity contribution in [1.29, 1.82) is 0 Å². The first kappa shape index (κ1) is 15.3. The van der Waals surface area contributed by atoms with E-state index in [0.717, 1.165) is 31.7 Å². The van der Waals surface area contributed by atoms with Crippen LogP contribution in [0.5, 0.6) is 0 Å². The van der Waals surface area contributed by atoms with Crippen LogP contribution in [0.3, 0.4) is 0 Å². The first-order valence-electron chi connectivity index (χ1n) is 8.75. The summed E-state index contributed by atoms with van der Waals surface area (Å²) in [7, 11) is 1.94. The van der Waals surface area contributed by atoms with E-state index in [2.05, 4.69) is 9.88 Å². The molecule has 1 amide bonds. The highest BCUT2D eigenvalue weighted by Gasteiger charge is 2.24. The van der Waals surface area contributed by atoms with E-state index in [0.29, 0.717) is 11.7 Å². The van der Waals surface area contributed by atoms with Gasteiger partial charge in [0, 0.05) is 26.2 Å². The van der Waals surface area contributed by atoms with Crippen LogP contribution in [-0.4, -0.2) is 42.0 Å². The molecule has 2 aliphatic rings. The van der Waals surface area contributed by atoms with Gasteiger partial charge in [0.2, 0.25) is 0 Å². The molecule has 120 valence electrons. The van der Waals surface area contributed by atoms with Gasteiger partial charge in [0.05, 0.1) is 0 Å². The summed E-state index contributed by atoms with van der Waals surface area (Å²) in [6.45, 7) is 2.12. The van der Waals surface area contributed by atoms with Crippen molar-refractivity contribution in [3.05, 3.63) is 23.9 Å². The second-order valence-corrected chi connectivity index (χ2v) is 6.64. The predicted molar refractivity (Wildman–Crippen MR) is 89.3 cm³/mol. The molecular weight excluding hydrogens is 274 g/mol. The van der Waals surface area contributed by atoms with Gasteiger partial charge in [0.25, 0.3) is 5.91 Å². The van der Waals surface area contributed by atoms with Crippen LogP contribution in [0.15, 0.2) is 18.2 Å². The molecule has 4 nitrogen and oxygen atoms in total. The van der Waals surface area contributed by atoms with Crippen LogP contribution in [0.4, 0.5) is 5.82 Å². The lowest BCUT2D eigenvalue weighted by molar-refractivity contribution is 0.0690. The topological polar surface area (TPSA) is 36.4 Å². The van der Waals surface area contributed by atoms with Crippen LogP contribution in [0.25, 0.3) is 0 Å². The normalized spacial score (nSPS) is 20.0. The molecule has 2 heterocycles. The van der Waals surface area contributed by atoms with Crippen molar-refractivity contribution < 1.29 is 4.79 Å². The monoisotopic (exact) mass is 301 g/mol. The molecule has 0 N–H and O–H groups in total. The third-order valence-electron chi connectivity index (χ3n) is 5.08. The number of nitrogens with zero attached hydrogens (tertiary/aromatic N) is 3. The summed E-state index contributed by atoms with van der Waals surface area (Å²) in [6, 6.07) is 6.25. The SMILES string of the molecule is CN(C(=O)c1cccc(N2CCCCC2)n1)C1CCCCC1. The number of hydrogen-bond donors (Lipinski definition) is 0. The van der Waals surface area contributed by atoms with Gasteiger partial charge >= 0.3 is 0 Å². The van der Waals surface area contributed by atoms with Crippen molar-refractivity contribution in [1.82, 2.24) is 9.88 Å². The van der Waals surface area contributed by atoms with Crippen molar-refractivity contribution in [2.24, 2.45) is 0 Å². The predicted octanol–water partition coefficient (Wildman–Crippen LogP) is 3.48. The molecule has 22 heavy (non-hydrogen) atoms. The Labute approximate surface area is 133 Å². The van der Waals surface area contributed by atoms with E-state index in [-0.39, 0.29) is 5.91 Å². The Bertz CT molecular complexity index is 505. The molecule has 0 radical (unpaired) electrons. The molecule has 0 aromatic carbocycles. The lowest BCUT2D eigenvalue weighted by Gasteiger charge is -2.31. The van der Waals surface area contributed by atoms with E-state index in [1.54, 1.807) is 0 Å². The number of pyridine rings is 1. The zero-order valence-corrected chi connectivity index (χ0v) is 13.6. The Morgan fingerprint density at radius 2 is 1.77 bits per heavy atom. The summed E-state index contributed by atoms with van der Waals surface area (Å²) >= 11 is 0. The van der Waals surface area contributed by atoms with Gasteiger partial charge in [-0.15, -0.1) is 0 Å². The summed E-state index contributed by atoms with van der Waals surface area (Å²) in [5.74, 6) is 1.04. The lowest BCUT2D eigenvalue weighted by Crippen LogP contribution is -2.39. The van der Waals surface area contributed by atoms with E-state index in [4.69, 9.17) is 0 Å². The number of carbonyl (C=O) groups excluding carboxylic acids is 1. The van der Waals surface area contributed by atoms with Crippen molar-refractivity contribution in [2.45, 2.75) is 57.4 Å². The third kappa shape index (κ3) is 3.42. The van der Waals surface area contributed by atoms with Gasteiger partial charge < -0.3 is 9.80 Å². The Morgan fingerprint density at radius 1 is 1.09 bits per heavy atom. The zero-order valence-electron chi connectivity index (χ0n) is 13.6. The van der Waals surface area contributed by atoms with Crippen LogP contribution in [-0.2, 0) is 0 Å². The maximum Gasteiger partial charge on any atom is 0.272 e. The van der Waals surface area contributed by atoms with E-state index in [1.165, 1.54) is 38.5 Å². The fourth-order valence-electron chi connectivity index (χ4n) is 3.66. The zero-order chi connectivity index (χ0) is 15.4. The Balaban J connectivity index is 1.71. The van der Waals surface area contributed by atoms with Crippen molar-refractivity contribution >= 4 is 11.7 Å². The third-order valence-corrected chi connectivity index (χ3v) is 5.08. The summed E-state index contributed by atoms with van der Waals surface area (Å²) in [5, 5.41) is 0. The molecule has 0 spiro atoms. The summed E-state index contributed by atoms with van der Waals surface area (Å²) in [5.41, 5.74) is 0.594. The molecule has 1 aliphatic heterocycles. The quantitative estimate of drug-likeness (QED) is 0.857. The van der Waals surface area contributed by atoms with Gasteiger partial charge in [-0.1, -0.05) is 25.3 Å². The highest BCUT2D eigenvalue weighted by Crippen LogP contribution is 2.23. The molecule has 0 unspecified atom stereocenters. The minimum atomic E-state index is 0.0748. The Kier molecular flexibility index (Phi) is 4.96. The van der Waals surface area contributed by atoms with E-state index in [9.17, 15) is 4.79 Å². The van der Waals surface area contributed by atoms with Crippen molar-refractivity contribution in [3.8, 4) is 0 Å². The second kappa shape index (κ2) is 7.12. The molecule has 1 aromatic heterocycles. The first-order chi connectivity index (χ1) is 10.8. The second-order valence-electron chi connectivity index (χ2n) is 6.64. The molecule has 1 saturated carbocycles. The number of piperidine rings is 1. The molecule has 1 saturated heterocycles. The molecular formula is C18H27N3O. The highest BCUT2D eigenvalue weighted by atomic mass is 16.2. The number of carbonyl (C=O) groups is 1. The Hall–Kier alpha value is -1.58. The van der Waals surface area contributed by atoms with Gasteiger partial charge in [-0.25, -0.2) is 4.98 Å². The maximum absolute atomic E-state index is 12.7.